The molecule has 1 rings (SSSR count). The van der Waals surface area contributed by atoms with Gasteiger partial charge in [-0.3, -0.25) is 4.79 Å². The Hall–Kier alpha value is -1.22. The molecule has 1 aromatic carbocycles. The lowest BCUT2D eigenvalue weighted by Crippen LogP contribution is -2.42. The van der Waals surface area contributed by atoms with Gasteiger partial charge in [0, 0.05) is 18.1 Å². The first-order valence-corrected chi connectivity index (χ1v) is 6.28. The van der Waals surface area contributed by atoms with E-state index in [1.807, 2.05) is 6.92 Å². The van der Waals surface area contributed by atoms with Crippen LogP contribution in [0.25, 0.3) is 0 Å². The number of hydrogen-bond acceptors (Lipinski definition) is 2. The molecule has 0 fully saturated rings. The number of hydrogen-bond donors (Lipinski definition) is 1. The van der Waals surface area contributed by atoms with Gasteiger partial charge in [0.25, 0.3) is 5.91 Å². The Morgan fingerprint density at radius 3 is 2.39 bits per heavy atom. The van der Waals surface area contributed by atoms with E-state index in [1.165, 1.54) is 6.07 Å². The van der Waals surface area contributed by atoms with Crippen LogP contribution in [0.2, 0.25) is 5.02 Å². The molecule has 18 heavy (non-hydrogen) atoms. The summed E-state index contributed by atoms with van der Waals surface area (Å²) in [5.41, 5.74) is 0.255. The molecule has 0 bridgehead atoms. The molecular formula is C14H20ClNO2. The summed E-state index contributed by atoms with van der Waals surface area (Å²) in [4.78, 5) is 13.9. The third-order valence-corrected chi connectivity index (χ3v) is 3.58. The third-order valence-electron chi connectivity index (χ3n) is 3.34. The number of benzene rings is 1. The summed E-state index contributed by atoms with van der Waals surface area (Å²) in [7, 11) is 1.74. The van der Waals surface area contributed by atoms with Gasteiger partial charge in [0.2, 0.25) is 0 Å². The Bertz CT molecular complexity index is 452. The van der Waals surface area contributed by atoms with E-state index in [2.05, 4.69) is 20.8 Å². The molecule has 4 heteroatoms. The first-order valence-electron chi connectivity index (χ1n) is 5.90. The molecule has 0 spiro atoms. The highest BCUT2D eigenvalue weighted by Gasteiger charge is 2.28. The molecule has 0 aliphatic heterocycles. The fourth-order valence-corrected chi connectivity index (χ4v) is 1.80. The normalized spacial score (nSPS) is 13.2. The van der Waals surface area contributed by atoms with Crippen LogP contribution in [0.1, 0.15) is 38.1 Å². The minimum absolute atomic E-state index is 0.0214. The number of carbonyl (C=O) groups is 1. The predicted molar refractivity (Wildman–Crippen MR) is 74.1 cm³/mol. The predicted octanol–water partition coefficient (Wildman–Crippen LogP) is 3.55. The highest BCUT2D eigenvalue weighted by Crippen LogP contribution is 2.27. The lowest BCUT2D eigenvalue weighted by Gasteiger charge is -2.35. The molecular weight excluding hydrogens is 250 g/mol. The number of amides is 1. The van der Waals surface area contributed by atoms with Gasteiger partial charge in [-0.15, -0.1) is 0 Å². The first kappa shape index (κ1) is 14.8. The number of nitrogens with zero attached hydrogens (tertiary/aromatic N) is 1. The minimum atomic E-state index is -0.202. The lowest BCUT2D eigenvalue weighted by molar-refractivity contribution is 0.0626. The van der Waals surface area contributed by atoms with Crippen molar-refractivity contribution in [2.45, 2.75) is 33.7 Å². The average molecular weight is 270 g/mol. The van der Waals surface area contributed by atoms with Gasteiger partial charge in [0.1, 0.15) is 5.75 Å². The summed E-state index contributed by atoms with van der Waals surface area (Å²) in [6, 6.07) is 4.58. The Morgan fingerprint density at radius 2 is 1.94 bits per heavy atom. The second-order valence-electron chi connectivity index (χ2n) is 5.62. The van der Waals surface area contributed by atoms with Gasteiger partial charge < -0.3 is 10.0 Å². The number of carbonyl (C=O) groups excluding carboxylic acids is 1. The highest BCUT2D eigenvalue weighted by molar-refractivity contribution is 6.30. The van der Waals surface area contributed by atoms with Gasteiger partial charge in [-0.05, 0) is 30.5 Å². The summed E-state index contributed by atoms with van der Waals surface area (Å²) >= 11 is 5.75. The molecule has 1 amide bonds. The molecule has 0 aliphatic rings. The van der Waals surface area contributed by atoms with Crippen LogP contribution in [0, 0.1) is 5.41 Å². The van der Waals surface area contributed by atoms with Crippen LogP contribution in [0.4, 0.5) is 0 Å². The van der Waals surface area contributed by atoms with Crippen molar-refractivity contribution in [3.05, 3.63) is 28.8 Å². The van der Waals surface area contributed by atoms with E-state index in [4.69, 9.17) is 11.6 Å². The van der Waals surface area contributed by atoms with Gasteiger partial charge in [-0.25, -0.2) is 0 Å². The van der Waals surface area contributed by atoms with E-state index < -0.39 is 0 Å². The highest BCUT2D eigenvalue weighted by atomic mass is 35.5. The summed E-state index contributed by atoms with van der Waals surface area (Å²) in [5.74, 6) is -0.285. The molecule has 0 aliphatic carbocycles. The fourth-order valence-electron chi connectivity index (χ4n) is 1.63. The Kier molecular flexibility index (Phi) is 4.28. The summed E-state index contributed by atoms with van der Waals surface area (Å²) in [6.07, 6.45) is 0. The summed E-state index contributed by atoms with van der Waals surface area (Å²) in [6.45, 7) is 8.21. The second kappa shape index (κ2) is 5.19. The maximum absolute atomic E-state index is 12.3. The molecule has 1 aromatic rings. The van der Waals surface area contributed by atoms with Crippen molar-refractivity contribution in [3.63, 3.8) is 0 Å². The molecule has 0 saturated carbocycles. The van der Waals surface area contributed by atoms with Gasteiger partial charge in [-0.1, -0.05) is 32.4 Å². The second-order valence-corrected chi connectivity index (χ2v) is 6.06. The third kappa shape index (κ3) is 3.16. The molecule has 1 unspecified atom stereocenters. The number of halogens is 1. The van der Waals surface area contributed by atoms with E-state index in [1.54, 1.807) is 24.1 Å². The van der Waals surface area contributed by atoms with Gasteiger partial charge >= 0.3 is 0 Å². The first-order chi connectivity index (χ1) is 8.14. The Balaban J connectivity index is 3.00. The Labute approximate surface area is 113 Å². The number of phenols is 1. The molecule has 0 aromatic heterocycles. The molecule has 0 heterocycles. The number of rotatable bonds is 2. The molecule has 1 N–H and O–H groups in total. The van der Waals surface area contributed by atoms with E-state index in [0.717, 1.165) is 0 Å². The maximum atomic E-state index is 12.3. The van der Waals surface area contributed by atoms with Crippen molar-refractivity contribution in [2.24, 2.45) is 5.41 Å². The van der Waals surface area contributed by atoms with Gasteiger partial charge in [0.05, 0.1) is 5.56 Å². The van der Waals surface area contributed by atoms with Crippen LogP contribution in [0.3, 0.4) is 0 Å². The van der Waals surface area contributed by atoms with Crippen molar-refractivity contribution in [3.8, 4) is 5.75 Å². The van der Waals surface area contributed by atoms with Crippen molar-refractivity contribution in [1.82, 2.24) is 4.90 Å². The van der Waals surface area contributed by atoms with E-state index in [9.17, 15) is 9.90 Å². The molecule has 100 valence electrons. The fraction of sp³-hybridized carbons (Fsp3) is 0.500. The van der Waals surface area contributed by atoms with Crippen molar-refractivity contribution in [2.75, 3.05) is 7.05 Å². The smallest absolute Gasteiger partial charge is 0.257 e. The largest absolute Gasteiger partial charge is 0.507 e. The van der Waals surface area contributed by atoms with Crippen molar-refractivity contribution in [1.29, 1.82) is 0 Å². The Morgan fingerprint density at radius 1 is 1.39 bits per heavy atom. The number of phenolic OH excluding ortho intramolecular Hbond substituents is 1. The minimum Gasteiger partial charge on any atom is -0.507 e. The lowest BCUT2D eigenvalue weighted by atomic mass is 9.87. The molecule has 1 atom stereocenters. The maximum Gasteiger partial charge on any atom is 0.257 e. The zero-order valence-corrected chi connectivity index (χ0v) is 12.2. The molecule has 0 saturated heterocycles. The monoisotopic (exact) mass is 269 g/mol. The quantitative estimate of drug-likeness (QED) is 0.892. The van der Waals surface area contributed by atoms with Crippen molar-refractivity contribution >= 4 is 17.5 Å². The van der Waals surface area contributed by atoms with Gasteiger partial charge in [-0.2, -0.15) is 0 Å². The standard InChI is InChI=1S/C14H20ClNO2/c1-9(14(2,3)4)16(5)13(18)11-7-6-10(15)8-12(11)17/h6-9,17H,1-5H3. The van der Waals surface area contributed by atoms with Crippen LogP contribution < -0.4 is 0 Å². The van der Waals surface area contributed by atoms with E-state index >= 15 is 0 Å². The summed E-state index contributed by atoms with van der Waals surface area (Å²) in [5, 5.41) is 10.2. The van der Waals surface area contributed by atoms with Crippen molar-refractivity contribution < 1.29 is 9.90 Å². The van der Waals surface area contributed by atoms with Crippen LogP contribution >= 0.6 is 11.6 Å². The number of aromatic hydroxyl groups is 1. The van der Waals surface area contributed by atoms with Crippen LogP contribution in [-0.4, -0.2) is 29.0 Å². The van der Waals surface area contributed by atoms with Crippen LogP contribution in [0.15, 0.2) is 18.2 Å². The van der Waals surface area contributed by atoms with Crippen LogP contribution in [0.5, 0.6) is 5.75 Å². The van der Waals surface area contributed by atoms with E-state index in [0.29, 0.717) is 5.02 Å². The van der Waals surface area contributed by atoms with E-state index in [-0.39, 0.29) is 28.7 Å². The zero-order valence-electron chi connectivity index (χ0n) is 11.5. The summed E-state index contributed by atoms with van der Waals surface area (Å²) < 4.78 is 0. The average Bonchev–Trinajstić information content (AvgIpc) is 2.25. The topological polar surface area (TPSA) is 40.5 Å². The van der Waals surface area contributed by atoms with Crippen LogP contribution in [-0.2, 0) is 0 Å². The molecule has 0 radical (unpaired) electrons. The zero-order chi connectivity index (χ0) is 14.1. The molecule has 3 nitrogen and oxygen atoms in total. The van der Waals surface area contributed by atoms with Gasteiger partial charge in [0.15, 0.2) is 0 Å². The SMILES string of the molecule is CC(N(C)C(=O)c1ccc(Cl)cc1O)C(C)(C)C.